The van der Waals surface area contributed by atoms with Crippen molar-refractivity contribution in [2.24, 2.45) is 52.3 Å². The van der Waals surface area contributed by atoms with Crippen molar-refractivity contribution in [3.8, 4) is 0 Å². The van der Waals surface area contributed by atoms with Gasteiger partial charge in [-0.3, -0.25) is 4.79 Å². The Bertz CT molecular complexity index is 774. The molecule has 9 atom stereocenters. The first kappa shape index (κ1) is 27.6. The van der Waals surface area contributed by atoms with Gasteiger partial charge in [0.05, 0.1) is 5.75 Å². The largest absolute Gasteiger partial charge is 0.461 e. The molecule has 4 aliphatic carbocycles. The van der Waals surface area contributed by atoms with Gasteiger partial charge in [0.1, 0.15) is 6.10 Å². The predicted molar refractivity (Wildman–Crippen MR) is 150 cm³/mol. The minimum Gasteiger partial charge on any atom is -0.461 e. The zero-order valence-corrected chi connectivity index (χ0v) is 24.7. The van der Waals surface area contributed by atoms with E-state index in [2.05, 4.69) is 47.6 Å². The van der Waals surface area contributed by atoms with Gasteiger partial charge in [-0.05, 0) is 110 Å². The summed E-state index contributed by atoms with van der Waals surface area (Å²) in [6.07, 6.45) is 19.2. The number of hydrogen-bond acceptors (Lipinski definition) is 3. The number of carbonyl (C=O) groups excluding carboxylic acids is 1. The Labute approximate surface area is 221 Å². The molecule has 0 N–H and O–H groups in total. The van der Waals surface area contributed by atoms with Crippen LogP contribution in [0.15, 0.2) is 11.6 Å². The fourth-order valence-corrected chi connectivity index (χ4v) is 10.0. The van der Waals surface area contributed by atoms with Crippen LogP contribution in [-0.4, -0.2) is 24.1 Å². The van der Waals surface area contributed by atoms with Gasteiger partial charge in [0, 0.05) is 6.42 Å². The van der Waals surface area contributed by atoms with Gasteiger partial charge in [0.25, 0.3) is 0 Å². The van der Waals surface area contributed by atoms with Crippen molar-refractivity contribution in [3.63, 3.8) is 0 Å². The standard InChI is InChI=1S/C32H54O2S/c1-8-23(21(2)3)10-9-22(4)27-13-14-28-26-12-11-24-19-25(34-30(33)20-35-7)15-17-31(24,5)29(26)16-18-32(27,28)6/h11,21-23,25-29H,8-10,12-20H2,1-7H3/t22-,23-,25+,26+,27-,28+,29+,31+,32-/m1/s1. The number of hydrogen-bond donors (Lipinski definition) is 0. The molecular formula is C32H54O2S. The molecule has 0 amide bonds. The van der Waals surface area contributed by atoms with Gasteiger partial charge >= 0.3 is 5.97 Å². The first-order chi connectivity index (χ1) is 16.6. The van der Waals surface area contributed by atoms with Gasteiger partial charge < -0.3 is 4.74 Å². The predicted octanol–water partition coefficient (Wildman–Crippen LogP) is 8.94. The summed E-state index contributed by atoms with van der Waals surface area (Å²) in [4.78, 5) is 12.1. The van der Waals surface area contributed by atoms with Gasteiger partial charge in [-0.1, -0.05) is 66.0 Å². The maximum absolute atomic E-state index is 12.1. The lowest BCUT2D eigenvalue weighted by molar-refractivity contribution is -0.148. The summed E-state index contributed by atoms with van der Waals surface area (Å²) in [5.41, 5.74) is 2.51. The summed E-state index contributed by atoms with van der Waals surface area (Å²) in [5, 5.41) is 0. The van der Waals surface area contributed by atoms with Crippen molar-refractivity contribution in [1.29, 1.82) is 0 Å². The normalized spacial score (nSPS) is 40.3. The molecule has 0 heterocycles. The third kappa shape index (κ3) is 5.28. The Morgan fingerprint density at radius 2 is 1.86 bits per heavy atom. The first-order valence-electron chi connectivity index (χ1n) is 15.0. The summed E-state index contributed by atoms with van der Waals surface area (Å²) in [6, 6.07) is 0. The van der Waals surface area contributed by atoms with E-state index in [1.54, 1.807) is 17.3 Å². The molecule has 3 saturated carbocycles. The van der Waals surface area contributed by atoms with Crippen molar-refractivity contribution in [2.75, 3.05) is 12.0 Å². The second-order valence-electron chi connectivity index (χ2n) is 13.7. The molecular weight excluding hydrogens is 448 g/mol. The monoisotopic (exact) mass is 502 g/mol. The van der Waals surface area contributed by atoms with Gasteiger partial charge in [0.2, 0.25) is 0 Å². The van der Waals surface area contributed by atoms with E-state index in [0.29, 0.717) is 16.6 Å². The number of fused-ring (bicyclic) bond motifs is 5. The minimum absolute atomic E-state index is 0.0291. The fourth-order valence-electron chi connectivity index (χ4n) is 9.73. The van der Waals surface area contributed by atoms with Crippen LogP contribution in [0.5, 0.6) is 0 Å². The molecule has 0 saturated heterocycles. The first-order valence-corrected chi connectivity index (χ1v) is 16.4. The molecule has 3 heteroatoms. The molecule has 0 aromatic rings. The van der Waals surface area contributed by atoms with Crippen LogP contribution in [0, 0.1) is 52.3 Å². The van der Waals surface area contributed by atoms with Crippen molar-refractivity contribution >= 4 is 17.7 Å². The highest BCUT2D eigenvalue weighted by molar-refractivity contribution is 7.99. The summed E-state index contributed by atoms with van der Waals surface area (Å²) >= 11 is 1.56. The topological polar surface area (TPSA) is 26.3 Å². The SMILES string of the molecule is CC[C@H](CC[C@@H](C)[C@H]1CC[C@H]2[C@@H]3CC=C4C[C@@H](OC(=O)CSC)CC[C@]4(C)[C@H]3CC[C@]12C)C(C)C. The molecule has 4 aliphatic rings. The Hall–Kier alpha value is -0.440. The molecule has 0 bridgehead atoms. The van der Waals surface area contributed by atoms with Gasteiger partial charge in [-0.2, -0.15) is 11.8 Å². The van der Waals surface area contributed by atoms with Gasteiger partial charge in [-0.15, -0.1) is 0 Å². The molecule has 0 radical (unpaired) electrons. The Morgan fingerprint density at radius 1 is 1.09 bits per heavy atom. The van der Waals surface area contributed by atoms with E-state index >= 15 is 0 Å². The van der Waals surface area contributed by atoms with E-state index in [0.717, 1.165) is 54.3 Å². The van der Waals surface area contributed by atoms with E-state index < -0.39 is 0 Å². The van der Waals surface area contributed by atoms with Crippen molar-refractivity contribution in [1.82, 2.24) is 0 Å². The van der Waals surface area contributed by atoms with Crippen LogP contribution in [0.2, 0.25) is 0 Å². The highest BCUT2D eigenvalue weighted by Gasteiger charge is 2.59. The molecule has 0 aromatic carbocycles. The quantitative estimate of drug-likeness (QED) is 0.232. The molecule has 3 fully saturated rings. The molecule has 0 aromatic heterocycles. The average Bonchev–Trinajstić information content (AvgIpc) is 3.17. The highest BCUT2D eigenvalue weighted by Crippen LogP contribution is 2.67. The number of carbonyl (C=O) groups is 1. The second-order valence-corrected chi connectivity index (χ2v) is 14.6. The van der Waals surface area contributed by atoms with E-state index in [1.165, 1.54) is 57.8 Å². The molecule has 0 unspecified atom stereocenters. The summed E-state index contributed by atoms with van der Waals surface area (Å²) < 4.78 is 5.85. The zero-order chi connectivity index (χ0) is 25.4. The molecule has 200 valence electrons. The Balaban J connectivity index is 1.43. The number of ether oxygens (including phenoxy) is 1. The van der Waals surface area contributed by atoms with Crippen LogP contribution < -0.4 is 0 Å². The van der Waals surface area contributed by atoms with Crippen molar-refractivity contribution in [3.05, 3.63) is 11.6 Å². The van der Waals surface area contributed by atoms with Crippen molar-refractivity contribution in [2.45, 2.75) is 118 Å². The van der Waals surface area contributed by atoms with Crippen LogP contribution in [0.1, 0.15) is 112 Å². The Kier molecular flexibility index (Phi) is 8.77. The number of rotatable bonds is 9. The molecule has 35 heavy (non-hydrogen) atoms. The van der Waals surface area contributed by atoms with Crippen LogP contribution in [0.25, 0.3) is 0 Å². The number of allylic oxidation sites excluding steroid dienone is 1. The maximum Gasteiger partial charge on any atom is 0.316 e. The van der Waals surface area contributed by atoms with Crippen molar-refractivity contribution < 1.29 is 9.53 Å². The second kappa shape index (κ2) is 11.1. The lowest BCUT2D eigenvalue weighted by Crippen LogP contribution is -2.51. The third-order valence-electron chi connectivity index (χ3n) is 11.8. The molecule has 4 rings (SSSR count). The molecule has 0 spiro atoms. The maximum atomic E-state index is 12.1. The van der Waals surface area contributed by atoms with Crippen LogP contribution in [-0.2, 0) is 9.53 Å². The van der Waals surface area contributed by atoms with E-state index in [1.807, 2.05) is 6.26 Å². The fraction of sp³-hybridized carbons (Fsp3) is 0.906. The van der Waals surface area contributed by atoms with E-state index in [4.69, 9.17) is 4.74 Å². The smallest absolute Gasteiger partial charge is 0.316 e. The Morgan fingerprint density at radius 3 is 2.54 bits per heavy atom. The minimum atomic E-state index is -0.0291. The number of thioether (sulfide) groups is 1. The van der Waals surface area contributed by atoms with Gasteiger partial charge in [-0.25, -0.2) is 0 Å². The third-order valence-corrected chi connectivity index (χ3v) is 12.4. The summed E-state index contributed by atoms with van der Waals surface area (Å²) in [6.45, 7) is 15.1. The lowest BCUT2D eigenvalue weighted by atomic mass is 9.47. The summed E-state index contributed by atoms with van der Waals surface area (Å²) in [7, 11) is 0. The number of esters is 1. The lowest BCUT2D eigenvalue weighted by Gasteiger charge is -2.58. The van der Waals surface area contributed by atoms with Crippen LogP contribution >= 0.6 is 11.8 Å². The average molecular weight is 503 g/mol. The van der Waals surface area contributed by atoms with E-state index in [-0.39, 0.29) is 12.1 Å². The van der Waals surface area contributed by atoms with E-state index in [9.17, 15) is 4.79 Å². The summed E-state index contributed by atoms with van der Waals surface area (Å²) in [5.74, 6) is 6.57. The van der Waals surface area contributed by atoms with Gasteiger partial charge in [0.15, 0.2) is 0 Å². The molecule has 0 aliphatic heterocycles. The zero-order valence-electron chi connectivity index (χ0n) is 23.9. The van der Waals surface area contributed by atoms with Crippen LogP contribution in [0.4, 0.5) is 0 Å². The molecule has 2 nitrogen and oxygen atoms in total. The van der Waals surface area contributed by atoms with Crippen LogP contribution in [0.3, 0.4) is 0 Å². The highest BCUT2D eigenvalue weighted by atomic mass is 32.2.